The van der Waals surface area contributed by atoms with E-state index in [2.05, 4.69) is 17.6 Å². The Balaban J connectivity index is 0.00000261. The normalized spacial score (nSPS) is 24.9. The summed E-state index contributed by atoms with van der Waals surface area (Å²) >= 11 is 0. The third-order valence-electron chi connectivity index (χ3n) is 6.07. The van der Waals surface area contributed by atoms with Crippen molar-refractivity contribution in [2.24, 2.45) is 5.92 Å². The van der Waals surface area contributed by atoms with Crippen LogP contribution in [0, 0.1) is 19.8 Å². The smallest absolute Gasteiger partial charge is 0.242 e. The van der Waals surface area contributed by atoms with E-state index in [9.17, 15) is 13.2 Å². The third-order valence-corrected chi connectivity index (χ3v) is 8.72. The van der Waals surface area contributed by atoms with Crippen LogP contribution >= 0.6 is 12.4 Å². The molecule has 0 spiro atoms. The van der Waals surface area contributed by atoms with Crippen molar-refractivity contribution in [2.45, 2.75) is 68.6 Å². The molecule has 0 bridgehead atoms. The lowest BCUT2D eigenvalue weighted by Crippen LogP contribution is -2.57. The number of benzene rings is 1. The summed E-state index contributed by atoms with van der Waals surface area (Å²) in [5, 5.41) is 6.42. The topological polar surface area (TPSA) is 75.3 Å². The highest BCUT2D eigenvalue weighted by Crippen LogP contribution is 2.42. The van der Waals surface area contributed by atoms with Crippen LogP contribution in [0.1, 0.15) is 50.2 Å². The number of nitrogens with one attached hydrogen (secondary N) is 2. The van der Waals surface area contributed by atoms with Gasteiger partial charge in [-0.3, -0.25) is 4.79 Å². The second-order valence-corrected chi connectivity index (χ2v) is 10.3. The quantitative estimate of drug-likeness (QED) is 0.794. The fraction of sp³-hybridized carbons (Fsp3) is 0.650. The molecule has 5 nitrogen and oxygen atoms in total. The first-order valence-electron chi connectivity index (χ1n) is 9.61. The maximum Gasteiger partial charge on any atom is 0.242 e. The predicted molar refractivity (Wildman–Crippen MR) is 110 cm³/mol. The lowest BCUT2D eigenvalue weighted by Gasteiger charge is -2.35. The fourth-order valence-corrected chi connectivity index (χ4v) is 6.68. The molecule has 152 valence electrons. The first kappa shape index (κ1) is 22.2. The molecule has 7 heteroatoms. The Hall–Kier alpha value is -1.11. The third kappa shape index (κ3) is 4.03. The van der Waals surface area contributed by atoms with Gasteiger partial charge in [0.05, 0.1) is 4.90 Å². The van der Waals surface area contributed by atoms with E-state index in [1.165, 1.54) is 0 Å². The maximum absolute atomic E-state index is 13.6. The van der Waals surface area contributed by atoms with E-state index in [1.807, 2.05) is 26.0 Å². The molecule has 1 aliphatic carbocycles. The van der Waals surface area contributed by atoms with Gasteiger partial charge in [0.1, 0.15) is 0 Å². The fourth-order valence-electron chi connectivity index (χ4n) is 4.30. The molecule has 2 unspecified atom stereocenters. The number of carbonyl (C=O) groups is 1. The molecular formula is C20H31ClN2O3S. The predicted octanol–water partition coefficient (Wildman–Crippen LogP) is 2.93. The Bertz CT molecular complexity index is 788. The summed E-state index contributed by atoms with van der Waals surface area (Å²) in [4.78, 5) is 13.6. The van der Waals surface area contributed by atoms with Crippen molar-refractivity contribution in [3.8, 4) is 0 Å². The Morgan fingerprint density at radius 2 is 1.89 bits per heavy atom. The van der Waals surface area contributed by atoms with Crippen molar-refractivity contribution < 1.29 is 13.2 Å². The molecule has 2 fully saturated rings. The SMILES string of the molecule is Cc1ccc(C)c(S(=O)(=O)C2(C(=O)NC3CCNCC3C)CCCC2)c1.Cl. The van der Waals surface area contributed by atoms with E-state index in [-0.39, 0.29) is 24.4 Å². The van der Waals surface area contributed by atoms with Crippen molar-refractivity contribution in [2.75, 3.05) is 13.1 Å². The molecule has 3 rings (SSSR count). The highest BCUT2D eigenvalue weighted by Gasteiger charge is 2.53. The number of rotatable bonds is 4. The van der Waals surface area contributed by atoms with Crippen LogP contribution in [0.15, 0.2) is 23.1 Å². The first-order valence-corrected chi connectivity index (χ1v) is 11.1. The van der Waals surface area contributed by atoms with Gasteiger partial charge in [0.2, 0.25) is 5.91 Å². The van der Waals surface area contributed by atoms with E-state index in [0.29, 0.717) is 29.2 Å². The van der Waals surface area contributed by atoms with Crippen LogP contribution in [0.25, 0.3) is 0 Å². The standard InChI is InChI=1S/C20H30N2O3S.ClH/c1-14-6-7-15(2)18(12-14)26(24,25)20(9-4-5-10-20)19(23)22-17-8-11-21-13-16(17)3;/h6-7,12,16-17,21H,4-5,8-11,13H2,1-3H3,(H,22,23);1H. The van der Waals surface area contributed by atoms with Crippen LogP contribution in [-0.4, -0.2) is 38.2 Å². The monoisotopic (exact) mass is 414 g/mol. The van der Waals surface area contributed by atoms with Crippen LogP contribution < -0.4 is 10.6 Å². The number of amides is 1. The van der Waals surface area contributed by atoms with Crippen molar-refractivity contribution in [3.05, 3.63) is 29.3 Å². The van der Waals surface area contributed by atoms with Gasteiger partial charge in [-0.15, -0.1) is 12.4 Å². The first-order chi connectivity index (χ1) is 12.3. The van der Waals surface area contributed by atoms with E-state index < -0.39 is 14.6 Å². The second-order valence-electron chi connectivity index (χ2n) is 8.02. The van der Waals surface area contributed by atoms with Gasteiger partial charge in [-0.2, -0.15) is 0 Å². The zero-order chi connectivity index (χ0) is 18.9. The van der Waals surface area contributed by atoms with Crippen molar-refractivity contribution in [1.82, 2.24) is 10.6 Å². The molecular weight excluding hydrogens is 384 g/mol. The zero-order valence-electron chi connectivity index (χ0n) is 16.4. The molecule has 0 radical (unpaired) electrons. The van der Waals surface area contributed by atoms with Gasteiger partial charge in [-0.25, -0.2) is 8.42 Å². The highest BCUT2D eigenvalue weighted by molar-refractivity contribution is 7.93. The number of sulfone groups is 1. The number of aryl methyl sites for hydroxylation is 2. The van der Waals surface area contributed by atoms with E-state index in [4.69, 9.17) is 0 Å². The molecule has 1 amide bonds. The summed E-state index contributed by atoms with van der Waals surface area (Å²) in [7, 11) is -3.75. The lowest BCUT2D eigenvalue weighted by molar-refractivity contribution is -0.124. The molecule has 0 aromatic heterocycles. The zero-order valence-corrected chi connectivity index (χ0v) is 18.0. The molecule has 1 saturated heterocycles. The summed E-state index contributed by atoms with van der Waals surface area (Å²) < 4.78 is 25.9. The summed E-state index contributed by atoms with van der Waals surface area (Å²) in [5.74, 6) is 0.00391. The van der Waals surface area contributed by atoms with E-state index in [0.717, 1.165) is 37.9 Å². The minimum absolute atomic E-state index is 0. The van der Waals surface area contributed by atoms with Crippen LogP contribution in [-0.2, 0) is 14.6 Å². The van der Waals surface area contributed by atoms with E-state index >= 15 is 0 Å². The molecule has 1 heterocycles. The molecule has 1 saturated carbocycles. The number of hydrogen-bond donors (Lipinski definition) is 2. The van der Waals surface area contributed by atoms with Gasteiger partial charge in [0.15, 0.2) is 14.6 Å². The number of piperidine rings is 1. The van der Waals surface area contributed by atoms with Gasteiger partial charge in [0, 0.05) is 6.04 Å². The number of carbonyl (C=O) groups excluding carboxylic acids is 1. The molecule has 1 aromatic rings. The van der Waals surface area contributed by atoms with Crippen molar-refractivity contribution in [3.63, 3.8) is 0 Å². The Morgan fingerprint density at radius 3 is 2.52 bits per heavy atom. The Morgan fingerprint density at radius 1 is 1.22 bits per heavy atom. The molecule has 1 aliphatic heterocycles. The molecule has 1 aromatic carbocycles. The van der Waals surface area contributed by atoms with Crippen LogP contribution in [0.3, 0.4) is 0 Å². The van der Waals surface area contributed by atoms with Gasteiger partial charge in [-0.05, 0) is 69.3 Å². The number of hydrogen-bond acceptors (Lipinski definition) is 4. The average Bonchev–Trinajstić information content (AvgIpc) is 3.10. The van der Waals surface area contributed by atoms with E-state index in [1.54, 1.807) is 6.07 Å². The molecule has 2 N–H and O–H groups in total. The highest BCUT2D eigenvalue weighted by atomic mass is 35.5. The summed E-state index contributed by atoms with van der Waals surface area (Å²) in [6.07, 6.45) is 3.22. The van der Waals surface area contributed by atoms with Crippen LogP contribution in [0.2, 0.25) is 0 Å². The minimum atomic E-state index is -3.75. The Kier molecular flexibility index (Phi) is 6.98. The Labute approximate surface area is 169 Å². The molecule has 2 atom stereocenters. The average molecular weight is 415 g/mol. The minimum Gasteiger partial charge on any atom is -0.352 e. The van der Waals surface area contributed by atoms with Crippen LogP contribution in [0.5, 0.6) is 0 Å². The van der Waals surface area contributed by atoms with Gasteiger partial charge in [-0.1, -0.05) is 31.9 Å². The summed E-state index contributed by atoms with van der Waals surface area (Å²) in [6, 6.07) is 5.49. The summed E-state index contributed by atoms with van der Waals surface area (Å²) in [6.45, 7) is 7.49. The maximum atomic E-state index is 13.6. The van der Waals surface area contributed by atoms with Crippen molar-refractivity contribution >= 4 is 28.2 Å². The molecule has 27 heavy (non-hydrogen) atoms. The van der Waals surface area contributed by atoms with Crippen LogP contribution in [0.4, 0.5) is 0 Å². The van der Waals surface area contributed by atoms with Gasteiger partial charge in [0.25, 0.3) is 0 Å². The van der Waals surface area contributed by atoms with Crippen molar-refractivity contribution in [1.29, 1.82) is 0 Å². The summed E-state index contributed by atoms with van der Waals surface area (Å²) in [5.41, 5.74) is 1.61. The largest absolute Gasteiger partial charge is 0.352 e. The second kappa shape index (κ2) is 8.50. The lowest BCUT2D eigenvalue weighted by atomic mass is 9.94. The number of halogens is 1. The van der Waals surface area contributed by atoms with Gasteiger partial charge < -0.3 is 10.6 Å². The van der Waals surface area contributed by atoms with Gasteiger partial charge >= 0.3 is 0 Å². The molecule has 2 aliphatic rings.